The molecule has 0 amide bonds. The molecule has 1 heterocycles. The first-order chi connectivity index (χ1) is 8.24. The van der Waals surface area contributed by atoms with Crippen molar-refractivity contribution in [2.75, 3.05) is 19.6 Å². The summed E-state index contributed by atoms with van der Waals surface area (Å²) in [7, 11) is 0. The minimum Gasteiger partial charge on any atom is -0.392 e. The molecule has 1 fully saturated rings. The summed E-state index contributed by atoms with van der Waals surface area (Å²) in [6, 6.07) is 9.81. The van der Waals surface area contributed by atoms with E-state index in [-0.39, 0.29) is 11.9 Å². The minimum absolute atomic E-state index is 0.227. The van der Waals surface area contributed by atoms with Gasteiger partial charge in [0.05, 0.1) is 12.6 Å². The molecule has 0 aliphatic carbocycles. The van der Waals surface area contributed by atoms with Gasteiger partial charge in [0.25, 0.3) is 0 Å². The van der Waals surface area contributed by atoms with Gasteiger partial charge in [0.2, 0.25) is 0 Å². The van der Waals surface area contributed by atoms with Crippen LogP contribution in [0.1, 0.15) is 18.4 Å². The Bertz CT molecular complexity index is 364. The number of benzene rings is 1. The van der Waals surface area contributed by atoms with Gasteiger partial charge in [-0.2, -0.15) is 0 Å². The van der Waals surface area contributed by atoms with E-state index in [2.05, 4.69) is 4.90 Å². The van der Waals surface area contributed by atoms with Crippen molar-refractivity contribution in [3.8, 4) is 0 Å². The van der Waals surface area contributed by atoms with Crippen molar-refractivity contribution in [2.45, 2.75) is 25.4 Å². The molecule has 0 radical (unpaired) electrons. The molecule has 17 heavy (non-hydrogen) atoms. The third-order valence-electron chi connectivity index (χ3n) is 3.12. The molecular formula is C14H19NO2. The van der Waals surface area contributed by atoms with E-state index in [0.29, 0.717) is 19.5 Å². The lowest BCUT2D eigenvalue weighted by molar-refractivity contribution is -0.120. The van der Waals surface area contributed by atoms with E-state index in [9.17, 15) is 9.90 Å². The Labute approximate surface area is 102 Å². The van der Waals surface area contributed by atoms with Gasteiger partial charge in [-0.25, -0.2) is 0 Å². The molecule has 0 aromatic heterocycles. The maximum absolute atomic E-state index is 11.9. The van der Waals surface area contributed by atoms with Crippen LogP contribution in [0.15, 0.2) is 30.3 Å². The molecule has 3 nitrogen and oxygen atoms in total. The molecule has 0 spiro atoms. The first-order valence-corrected chi connectivity index (χ1v) is 6.20. The highest BCUT2D eigenvalue weighted by molar-refractivity contribution is 5.82. The fourth-order valence-electron chi connectivity index (χ4n) is 2.30. The molecule has 92 valence electrons. The van der Waals surface area contributed by atoms with E-state index in [4.69, 9.17) is 0 Å². The Morgan fingerprint density at radius 2 is 2.12 bits per heavy atom. The summed E-state index contributed by atoms with van der Waals surface area (Å²) in [4.78, 5) is 13.9. The van der Waals surface area contributed by atoms with E-state index >= 15 is 0 Å². The number of β-amino-alcohol motifs (C(OH)–C–C–N with tert-alkyl or cyclic N) is 1. The van der Waals surface area contributed by atoms with Crippen LogP contribution in [0.25, 0.3) is 0 Å². The number of carbonyl (C=O) groups is 1. The number of hydrogen-bond donors (Lipinski definition) is 1. The average molecular weight is 233 g/mol. The number of hydrogen-bond acceptors (Lipinski definition) is 3. The minimum atomic E-state index is -0.256. The van der Waals surface area contributed by atoms with Crippen molar-refractivity contribution in [2.24, 2.45) is 0 Å². The summed E-state index contributed by atoms with van der Waals surface area (Å²) < 4.78 is 0. The van der Waals surface area contributed by atoms with Crippen LogP contribution in [0.3, 0.4) is 0 Å². The molecule has 0 saturated carbocycles. The molecule has 1 N–H and O–H groups in total. The van der Waals surface area contributed by atoms with Crippen molar-refractivity contribution >= 4 is 5.78 Å². The van der Waals surface area contributed by atoms with Gasteiger partial charge in [-0.05, 0) is 24.9 Å². The summed E-state index contributed by atoms with van der Waals surface area (Å²) in [6.45, 7) is 2.03. The number of ketones is 1. The van der Waals surface area contributed by atoms with Crippen molar-refractivity contribution in [3.63, 3.8) is 0 Å². The van der Waals surface area contributed by atoms with Crippen molar-refractivity contribution in [1.82, 2.24) is 4.90 Å². The monoisotopic (exact) mass is 233 g/mol. The van der Waals surface area contributed by atoms with E-state index in [1.807, 2.05) is 30.3 Å². The van der Waals surface area contributed by atoms with E-state index < -0.39 is 0 Å². The van der Waals surface area contributed by atoms with Gasteiger partial charge < -0.3 is 5.11 Å². The van der Waals surface area contributed by atoms with Crippen LogP contribution in [0.5, 0.6) is 0 Å². The smallest absolute Gasteiger partial charge is 0.151 e. The lowest BCUT2D eigenvalue weighted by Gasteiger charge is -2.29. The maximum Gasteiger partial charge on any atom is 0.151 e. The fraction of sp³-hybridized carbons (Fsp3) is 0.500. The normalized spacial score (nSPS) is 21.4. The highest BCUT2D eigenvalue weighted by atomic mass is 16.3. The Hall–Kier alpha value is -1.19. The highest BCUT2D eigenvalue weighted by Gasteiger charge is 2.19. The zero-order chi connectivity index (χ0) is 12.1. The van der Waals surface area contributed by atoms with Gasteiger partial charge in [-0.1, -0.05) is 30.3 Å². The molecule has 1 aliphatic heterocycles. The largest absolute Gasteiger partial charge is 0.392 e. The van der Waals surface area contributed by atoms with Crippen LogP contribution in [0.2, 0.25) is 0 Å². The molecule has 1 aromatic rings. The van der Waals surface area contributed by atoms with Gasteiger partial charge in [0, 0.05) is 13.0 Å². The van der Waals surface area contributed by atoms with E-state index in [1.165, 1.54) is 0 Å². The quantitative estimate of drug-likeness (QED) is 0.851. The molecule has 1 aliphatic rings. The number of Topliss-reactive ketones (excluding diaryl/α,β-unsaturated/α-hetero) is 1. The summed E-state index contributed by atoms with van der Waals surface area (Å²) in [5.74, 6) is 0.227. The van der Waals surface area contributed by atoms with Gasteiger partial charge in [-0.15, -0.1) is 0 Å². The topological polar surface area (TPSA) is 40.5 Å². The average Bonchev–Trinajstić information content (AvgIpc) is 2.30. The first kappa shape index (κ1) is 12.3. The molecule has 2 rings (SSSR count). The maximum atomic E-state index is 11.9. The highest BCUT2D eigenvalue weighted by Crippen LogP contribution is 2.10. The number of aliphatic hydroxyl groups excluding tert-OH is 1. The third-order valence-corrected chi connectivity index (χ3v) is 3.12. The molecule has 3 heteroatoms. The second-order valence-electron chi connectivity index (χ2n) is 4.73. The number of nitrogens with zero attached hydrogens (tertiary/aromatic N) is 1. The molecular weight excluding hydrogens is 214 g/mol. The first-order valence-electron chi connectivity index (χ1n) is 6.20. The Morgan fingerprint density at radius 1 is 1.35 bits per heavy atom. The Kier molecular flexibility index (Phi) is 4.29. The molecule has 1 saturated heterocycles. The van der Waals surface area contributed by atoms with Crippen LogP contribution in [0.4, 0.5) is 0 Å². The number of piperidine rings is 1. The lowest BCUT2D eigenvalue weighted by atomic mass is 10.1. The van der Waals surface area contributed by atoms with Crippen LogP contribution in [0, 0.1) is 0 Å². The predicted molar refractivity (Wildman–Crippen MR) is 66.8 cm³/mol. The summed E-state index contributed by atoms with van der Waals surface area (Å²) >= 11 is 0. The number of aliphatic hydroxyl groups is 1. The zero-order valence-electron chi connectivity index (χ0n) is 10.0. The number of likely N-dealkylation sites (tertiary alicyclic amines) is 1. The third kappa shape index (κ3) is 3.95. The predicted octanol–water partition coefficient (Wildman–Crippen LogP) is 1.25. The van der Waals surface area contributed by atoms with E-state index in [0.717, 1.165) is 24.9 Å². The molecule has 0 bridgehead atoms. The van der Waals surface area contributed by atoms with Crippen molar-refractivity contribution in [3.05, 3.63) is 35.9 Å². The Morgan fingerprint density at radius 3 is 2.82 bits per heavy atom. The van der Waals surface area contributed by atoms with E-state index in [1.54, 1.807) is 0 Å². The van der Waals surface area contributed by atoms with Gasteiger partial charge in [0.1, 0.15) is 0 Å². The van der Waals surface area contributed by atoms with Crippen LogP contribution in [-0.2, 0) is 11.2 Å². The fourth-order valence-corrected chi connectivity index (χ4v) is 2.30. The standard InChI is InChI=1S/C14H19NO2/c16-13-7-4-8-15(10-13)11-14(17)9-12-5-2-1-3-6-12/h1-3,5-6,13,16H,4,7-11H2. The lowest BCUT2D eigenvalue weighted by Crippen LogP contribution is -2.41. The van der Waals surface area contributed by atoms with Gasteiger partial charge in [0.15, 0.2) is 5.78 Å². The summed E-state index contributed by atoms with van der Waals surface area (Å²) in [5, 5.41) is 9.53. The molecule has 1 unspecified atom stereocenters. The number of rotatable bonds is 4. The van der Waals surface area contributed by atoms with Crippen LogP contribution >= 0.6 is 0 Å². The summed E-state index contributed by atoms with van der Waals surface area (Å²) in [6.07, 6.45) is 2.09. The second kappa shape index (κ2) is 5.94. The Balaban J connectivity index is 1.81. The molecule has 1 atom stereocenters. The van der Waals surface area contributed by atoms with Crippen molar-refractivity contribution < 1.29 is 9.90 Å². The zero-order valence-corrected chi connectivity index (χ0v) is 10.0. The van der Waals surface area contributed by atoms with Gasteiger partial charge in [-0.3, -0.25) is 9.69 Å². The van der Waals surface area contributed by atoms with Crippen LogP contribution < -0.4 is 0 Å². The summed E-state index contributed by atoms with van der Waals surface area (Å²) in [5.41, 5.74) is 1.06. The second-order valence-corrected chi connectivity index (χ2v) is 4.73. The van der Waals surface area contributed by atoms with Crippen LogP contribution in [-0.4, -0.2) is 41.5 Å². The van der Waals surface area contributed by atoms with Crippen molar-refractivity contribution in [1.29, 1.82) is 0 Å². The SMILES string of the molecule is O=C(Cc1ccccc1)CN1CCCC(O)C1. The number of carbonyl (C=O) groups excluding carboxylic acids is 1. The van der Waals surface area contributed by atoms with Gasteiger partial charge >= 0.3 is 0 Å². The molecule has 1 aromatic carbocycles.